The lowest BCUT2D eigenvalue weighted by atomic mass is 10.1. The van der Waals surface area contributed by atoms with Crippen LogP contribution in [0.4, 0.5) is 11.6 Å². The molecule has 1 aliphatic heterocycles. The molecule has 7 nitrogen and oxygen atoms in total. The average Bonchev–Trinajstić information content (AvgIpc) is 3.17. The second kappa shape index (κ2) is 7.98. The van der Waals surface area contributed by atoms with Crippen LogP contribution >= 0.6 is 11.6 Å². The molecule has 5 rings (SSSR count). The second-order valence-corrected chi connectivity index (χ2v) is 8.86. The quantitative estimate of drug-likeness (QED) is 0.477. The molecule has 4 aromatic rings. The lowest BCUT2D eigenvalue weighted by Crippen LogP contribution is -2.40. The summed E-state index contributed by atoms with van der Waals surface area (Å²) in [4.78, 5) is 33.4. The Labute approximate surface area is 190 Å². The fourth-order valence-electron chi connectivity index (χ4n) is 4.45. The maximum absolute atomic E-state index is 13.5. The monoisotopic (exact) mass is 449 g/mol. The van der Waals surface area contributed by atoms with Crippen LogP contribution in [0.5, 0.6) is 0 Å². The van der Waals surface area contributed by atoms with Gasteiger partial charge in [0.1, 0.15) is 0 Å². The number of benzene rings is 2. The molecule has 0 saturated heterocycles. The predicted octanol–water partition coefficient (Wildman–Crippen LogP) is 3.58. The smallest absolute Gasteiger partial charge is 0.312 e. The third-order valence-electron chi connectivity index (χ3n) is 6.03. The third kappa shape index (κ3) is 3.42. The van der Waals surface area contributed by atoms with Gasteiger partial charge in [0.25, 0.3) is 5.56 Å². The molecule has 2 aromatic carbocycles. The number of imidazole rings is 1. The van der Waals surface area contributed by atoms with Crippen LogP contribution in [0.2, 0.25) is 5.02 Å². The molecular formula is C24H24ClN5O2. The van der Waals surface area contributed by atoms with E-state index in [2.05, 4.69) is 11.8 Å². The van der Waals surface area contributed by atoms with E-state index in [-0.39, 0.29) is 17.2 Å². The summed E-state index contributed by atoms with van der Waals surface area (Å²) in [6.07, 6.45) is 0.605. The molecule has 0 unspecified atom stereocenters. The Morgan fingerprint density at radius 2 is 1.84 bits per heavy atom. The highest BCUT2D eigenvalue weighted by molar-refractivity contribution is 6.30. The van der Waals surface area contributed by atoms with Gasteiger partial charge in [-0.1, -0.05) is 54.9 Å². The molecule has 0 radical (unpaired) electrons. The van der Waals surface area contributed by atoms with Crippen LogP contribution in [0.25, 0.3) is 11.2 Å². The lowest BCUT2D eigenvalue weighted by molar-refractivity contribution is 0.457. The molecular weight excluding hydrogens is 426 g/mol. The summed E-state index contributed by atoms with van der Waals surface area (Å²) >= 11 is 6.23. The van der Waals surface area contributed by atoms with Gasteiger partial charge in [-0.05, 0) is 36.1 Å². The topological polar surface area (TPSA) is 65.1 Å². The SMILES string of the molecule is C[C@H]1CN(c2cccc(Cl)c2)c2nc3c(c(=O)n(CCc4ccccc4)c(=O)n3C)n2C1. The van der Waals surface area contributed by atoms with Crippen LogP contribution < -0.4 is 16.1 Å². The van der Waals surface area contributed by atoms with E-state index < -0.39 is 0 Å². The molecule has 0 spiro atoms. The summed E-state index contributed by atoms with van der Waals surface area (Å²) in [5.74, 6) is 0.946. The van der Waals surface area contributed by atoms with Crippen molar-refractivity contribution in [3.63, 3.8) is 0 Å². The maximum atomic E-state index is 13.5. The van der Waals surface area contributed by atoms with Crippen molar-refractivity contribution in [2.24, 2.45) is 13.0 Å². The summed E-state index contributed by atoms with van der Waals surface area (Å²) in [5.41, 5.74) is 2.22. The van der Waals surface area contributed by atoms with Crippen molar-refractivity contribution in [2.75, 3.05) is 11.4 Å². The summed E-state index contributed by atoms with van der Waals surface area (Å²) in [6, 6.07) is 17.5. The number of rotatable bonds is 4. The highest BCUT2D eigenvalue weighted by Crippen LogP contribution is 2.33. The molecule has 164 valence electrons. The first kappa shape index (κ1) is 20.6. The molecule has 0 saturated carbocycles. The first-order chi connectivity index (χ1) is 15.4. The van der Waals surface area contributed by atoms with E-state index in [0.29, 0.717) is 41.6 Å². The Morgan fingerprint density at radius 1 is 1.06 bits per heavy atom. The molecule has 0 fully saturated rings. The van der Waals surface area contributed by atoms with Crippen molar-refractivity contribution < 1.29 is 0 Å². The summed E-state index contributed by atoms with van der Waals surface area (Å²) in [7, 11) is 1.68. The molecule has 1 atom stereocenters. The molecule has 3 heterocycles. The molecule has 0 bridgehead atoms. The van der Waals surface area contributed by atoms with Crippen LogP contribution in [-0.4, -0.2) is 25.2 Å². The fourth-order valence-corrected chi connectivity index (χ4v) is 4.63. The normalized spacial score (nSPS) is 15.8. The number of hydrogen-bond donors (Lipinski definition) is 0. The standard InChI is InChI=1S/C24H24ClN5O2/c1-16-14-29(19-10-6-9-18(25)13-19)23-26-21-20(30(23)15-16)22(31)28(24(32)27(21)2)12-11-17-7-4-3-5-8-17/h3-10,13,16H,11-12,14-15H2,1-2H3/t16-/m0/s1. The van der Waals surface area contributed by atoms with Crippen LogP contribution in [0.1, 0.15) is 12.5 Å². The highest BCUT2D eigenvalue weighted by atomic mass is 35.5. The second-order valence-electron chi connectivity index (χ2n) is 8.42. The number of hydrogen-bond acceptors (Lipinski definition) is 4. The van der Waals surface area contributed by atoms with E-state index in [1.807, 2.05) is 59.2 Å². The van der Waals surface area contributed by atoms with Crippen molar-refractivity contribution in [1.82, 2.24) is 18.7 Å². The Hall–Kier alpha value is -3.32. The van der Waals surface area contributed by atoms with E-state index in [9.17, 15) is 9.59 Å². The number of nitrogens with zero attached hydrogens (tertiary/aromatic N) is 5. The van der Waals surface area contributed by atoms with Gasteiger partial charge in [0, 0.05) is 37.4 Å². The van der Waals surface area contributed by atoms with Crippen LogP contribution in [0, 0.1) is 5.92 Å². The van der Waals surface area contributed by atoms with E-state index in [1.54, 1.807) is 7.05 Å². The largest absolute Gasteiger partial charge is 0.332 e. The predicted molar refractivity (Wildman–Crippen MR) is 127 cm³/mol. The minimum absolute atomic E-state index is 0.285. The Balaban J connectivity index is 1.66. The van der Waals surface area contributed by atoms with Gasteiger partial charge in [-0.15, -0.1) is 0 Å². The van der Waals surface area contributed by atoms with E-state index in [4.69, 9.17) is 16.6 Å². The van der Waals surface area contributed by atoms with Crippen molar-refractivity contribution in [3.05, 3.63) is 86.0 Å². The zero-order valence-electron chi connectivity index (χ0n) is 18.0. The molecule has 0 N–H and O–H groups in total. The number of aryl methyl sites for hydroxylation is 2. The number of halogens is 1. The Morgan fingerprint density at radius 3 is 2.59 bits per heavy atom. The summed E-state index contributed by atoms with van der Waals surface area (Å²) in [6.45, 7) is 3.87. The van der Waals surface area contributed by atoms with Crippen molar-refractivity contribution in [3.8, 4) is 0 Å². The summed E-state index contributed by atoms with van der Waals surface area (Å²) in [5, 5.41) is 0.638. The first-order valence-electron chi connectivity index (χ1n) is 10.7. The van der Waals surface area contributed by atoms with Crippen molar-refractivity contribution >= 4 is 34.4 Å². The number of aromatic nitrogens is 4. The fraction of sp³-hybridized carbons (Fsp3) is 0.292. The molecule has 1 aliphatic rings. The molecule has 0 aliphatic carbocycles. The highest BCUT2D eigenvalue weighted by Gasteiger charge is 2.29. The summed E-state index contributed by atoms with van der Waals surface area (Å²) < 4.78 is 4.76. The minimum atomic E-state index is -0.351. The lowest BCUT2D eigenvalue weighted by Gasteiger charge is -2.33. The van der Waals surface area contributed by atoms with Crippen molar-refractivity contribution in [2.45, 2.75) is 26.4 Å². The van der Waals surface area contributed by atoms with E-state index in [1.165, 1.54) is 9.13 Å². The maximum Gasteiger partial charge on any atom is 0.332 e. The Kier molecular flexibility index (Phi) is 5.13. The molecule has 32 heavy (non-hydrogen) atoms. The van der Waals surface area contributed by atoms with E-state index >= 15 is 0 Å². The number of anilines is 2. The van der Waals surface area contributed by atoms with E-state index in [0.717, 1.165) is 17.8 Å². The van der Waals surface area contributed by atoms with Crippen LogP contribution in [0.3, 0.4) is 0 Å². The van der Waals surface area contributed by atoms with Crippen LogP contribution in [0.15, 0.2) is 64.2 Å². The van der Waals surface area contributed by atoms with Gasteiger partial charge in [-0.3, -0.25) is 13.9 Å². The van der Waals surface area contributed by atoms with Gasteiger partial charge in [-0.2, -0.15) is 4.98 Å². The Bertz CT molecular complexity index is 1420. The average molecular weight is 450 g/mol. The minimum Gasteiger partial charge on any atom is -0.312 e. The molecule has 0 amide bonds. The zero-order valence-corrected chi connectivity index (χ0v) is 18.8. The van der Waals surface area contributed by atoms with Gasteiger partial charge in [0.05, 0.1) is 0 Å². The van der Waals surface area contributed by atoms with Gasteiger partial charge < -0.3 is 9.47 Å². The molecule has 8 heteroatoms. The third-order valence-corrected chi connectivity index (χ3v) is 6.26. The van der Waals surface area contributed by atoms with Crippen molar-refractivity contribution in [1.29, 1.82) is 0 Å². The van der Waals surface area contributed by atoms with Crippen LogP contribution in [-0.2, 0) is 26.6 Å². The first-order valence-corrected chi connectivity index (χ1v) is 11.1. The van der Waals surface area contributed by atoms with Gasteiger partial charge >= 0.3 is 5.69 Å². The van der Waals surface area contributed by atoms with Gasteiger partial charge in [0.2, 0.25) is 5.95 Å². The van der Waals surface area contributed by atoms with Gasteiger partial charge in [-0.25, -0.2) is 4.79 Å². The number of fused-ring (bicyclic) bond motifs is 3. The van der Waals surface area contributed by atoms with Gasteiger partial charge in [0.15, 0.2) is 11.2 Å². The molecule has 2 aromatic heterocycles. The zero-order chi connectivity index (χ0) is 22.4.